The molecule has 158 valence electrons. The van der Waals surface area contributed by atoms with Gasteiger partial charge < -0.3 is 0 Å². The molecule has 1 aliphatic heterocycles. The van der Waals surface area contributed by atoms with Crippen LogP contribution in [0.5, 0.6) is 0 Å². The Bertz CT molecular complexity index is 1140. The minimum atomic E-state index is -4.23. The predicted octanol–water partition coefficient (Wildman–Crippen LogP) is 4.86. The second-order valence-electron chi connectivity index (χ2n) is 6.30. The molecule has 0 N–H and O–H groups in total. The Labute approximate surface area is 189 Å². The molecule has 2 aromatic carbocycles. The largest absolute Gasteiger partial charge is 0.298 e. The summed E-state index contributed by atoms with van der Waals surface area (Å²) >= 11 is 23.7. The fraction of sp³-hybridized carbons (Fsp3) is 0.294. The highest BCUT2D eigenvalue weighted by Crippen LogP contribution is 2.33. The van der Waals surface area contributed by atoms with Crippen molar-refractivity contribution in [3.05, 3.63) is 56.5 Å². The lowest BCUT2D eigenvalue weighted by Gasteiger charge is -2.24. The minimum absolute atomic E-state index is 0.0271. The quantitative estimate of drug-likeness (QED) is 0.510. The summed E-state index contributed by atoms with van der Waals surface area (Å²) in [5.41, 5.74) is 0. The summed E-state index contributed by atoms with van der Waals surface area (Å²) in [6, 6.07) is 7.41. The monoisotopic (exact) mass is 517 g/mol. The fourth-order valence-electron chi connectivity index (χ4n) is 2.99. The maximum Gasteiger partial charge on any atom is 0.298 e. The molecule has 1 fully saturated rings. The first-order valence-electron chi connectivity index (χ1n) is 8.34. The molecule has 0 saturated carbocycles. The number of benzene rings is 2. The minimum Gasteiger partial charge on any atom is -0.265 e. The molecule has 1 heterocycles. The normalized spacial score (nSPS) is 18.3. The van der Waals surface area contributed by atoms with E-state index < -0.39 is 26.2 Å². The third-order valence-electron chi connectivity index (χ3n) is 4.38. The lowest BCUT2D eigenvalue weighted by atomic mass is 10.2. The first kappa shape index (κ1) is 23.1. The van der Waals surface area contributed by atoms with Gasteiger partial charge in [0, 0.05) is 16.6 Å². The van der Waals surface area contributed by atoms with Gasteiger partial charge in [0.25, 0.3) is 10.1 Å². The van der Waals surface area contributed by atoms with Crippen molar-refractivity contribution in [3.63, 3.8) is 0 Å². The topological polar surface area (TPSA) is 80.8 Å². The molecule has 1 atom stereocenters. The molecule has 0 amide bonds. The average molecular weight is 519 g/mol. The molecule has 1 saturated heterocycles. The molecule has 1 aliphatic rings. The Morgan fingerprint density at radius 1 is 0.897 bits per heavy atom. The van der Waals surface area contributed by atoms with E-state index in [0.717, 1.165) is 0 Å². The van der Waals surface area contributed by atoms with Crippen molar-refractivity contribution >= 4 is 66.5 Å². The number of nitrogens with zero attached hydrogens (tertiary/aromatic N) is 1. The van der Waals surface area contributed by atoms with Crippen molar-refractivity contribution in [2.75, 3.05) is 13.2 Å². The lowest BCUT2D eigenvalue weighted by molar-refractivity contribution is 0.237. The van der Waals surface area contributed by atoms with E-state index in [1.54, 1.807) is 0 Å². The number of sulfonamides is 1. The van der Waals surface area contributed by atoms with Crippen molar-refractivity contribution in [1.82, 2.24) is 4.31 Å². The van der Waals surface area contributed by atoms with Crippen molar-refractivity contribution in [3.8, 4) is 0 Å². The second-order valence-corrected chi connectivity index (χ2v) is 11.4. The van der Waals surface area contributed by atoms with Gasteiger partial charge in [0.2, 0.25) is 10.0 Å². The Hall–Kier alpha value is -0.580. The molecule has 0 aromatic heterocycles. The molecular formula is C17H15Cl4NO5S2. The van der Waals surface area contributed by atoms with Gasteiger partial charge in [-0.2, -0.15) is 12.7 Å². The van der Waals surface area contributed by atoms with Crippen LogP contribution < -0.4 is 0 Å². The van der Waals surface area contributed by atoms with E-state index in [-0.39, 0.29) is 43.0 Å². The van der Waals surface area contributed by atoms with Gasteiger partial charge in [0.05, 0.1) is 22.7 Å². The van der Waals surface area contributed by atoms with Gasteiger partial charge >= 0.3 is 0 Å². The molecule has 0 spiro atoms. The predicted molar refractivity (Wildman–Crippen MR) is 113 cm³/mol. The van der Waals surface area contributed by atoms with Gasteiger partial charge in [-0.25, -0.2) is 8.42 Å². The molecule has 3 rings (SSSR count). The zero-order chi connectivity index (χ0) is 21.4. The first-order valence-corrected chi connectivity index (χ1v) is 12.7. The van der Waals surface area contributed by atoms with Gasteiger partial charge in [-0.1, -0.05) is 46.4 Å². The second kappa shape index (κ2) is 8.88. The summed E-state index contributed by atoms with van der Waals surface area (Å²) in [4.78, 5) is -0.420. The van der Waals surface area contributed by atoms with E-state index in [0.29, 0.717) is 12.8 Å². The summed E-state index contributed by atoms with van der Waals surface area (Å²) in [7, 11) is -8.23. The van der Waals surface area contributed by atoms with Crippen LogP contribution in [-0.4, -0.2) is 40.3 Å². The van der Waals surface area contributed by atoms with Crippen LogP contribution in [0.15, 0.2) is 46.2 Å². The van der Waals surface area contributed by atoms with Crippen molar-refractivity contribution in [1.29, 1.82) is 0 Å². The first-order chi connectivity index (χ1) is 13.5. The Balaban J connectivity index is 1.83. The standard InChI is InChI=1S/C17H15Cl4NO5S2/c18-11-3-5-14(20)16(8-11)28(23,24)22-7-1-2-13(22)10-27-29(25,26)17-9-12(19)4-6-15(17)21/h3-6,8-9,13H,1-2,7,10H2/t13-/m0/s1. The summed E-state index contributed by atoms with van der Waals surface area (Å²) in [5, 5.41) is 0.380. The van der Waals surface area contributed by atoms with E-state index >= 15 is 0 Å². The molecular weight excluding hydrogens is 504 g/mol. The average Bonchev–Trinajstić information content (AvgIpc) is 3.13. The van der Waals surface area contributed by atoms with Crippen LogP contribution in [0.1, 0.15) is 12.8 Å². The summed E-state index contributed by atoms with van der Waals surface area (Å²) in [6.07, 6.45) is 0.972. The Morgan fingerprint density at radius 3 is 2.07 bits per heavy atom. The van der Waals surface area contributed by atoms with Crippen molar-refractivity contribution in [2.45, 2.75) is 28.7 Å². The third-order valence-corrected chi connectivity index (χ3v) is 9.05. The molecule has 12 heteroatoms. The van der Waals surface area contributed by atoms with E-state index in [1.165, 1.54) is 40.7 Å². The number of hydrogen-bond donors (Lipinski definition) is 0. The van der Waals surface area contributed by atoms with Crippen LogP contribution in [0.4, 0.5) is 0 Å². The van der Waals surface area contributed by atoms with Crippen LogP contribution in [0.25, 0.3) is 0 Å². The van der Waals surface area contributed by atoms with Crippen molar-refractivity contribution in [2.24, 2.45) is 0 Å². The van der Waals surface area contributed by atoms with Gasteiger partial charge in [-0.05, 0) is 49.2 Å². The number of hydrogen-bond acceptors (Lipinski definition) is 5. The van der Waals surface area contributed by atoms with Gasteiger partial charge in [-0.15, -0.1) is 0 Å². The molecule has 0 radical (unpaired) electrons. The smallest absolute Gasteiger partial charge is 0.265 e. The summed E-state index contributed by atoms with van der Waals surface area (Å²) in [5.74, 6) is 0. The van der Waals surface area contributed by atoms with E-state index in [2.05, 4.69) is 0 Å². The van der Waals surface area contributed by atoms with Crippen molar-refractivity contribution < 1.29 is 21.0 Å². The maximum atomic E-state index is 13.1. The van der Waals surface area contributed by atoms with E-state index in [9.17, 15) is 16.8 Å². The van der Waals surface area contributed by atoms with Crippen LogP contribution in [0.3, 0.4) is 0 Å². The van der Waals surface area contributed by atoms with E-state index in [1.807, 2.05) is 0 Å². The number of rotatable bonds is 6. The SMILES string of the molecule is O=S(=O)(OC[C@@H]1CCCN1S(=O)(=O)c1cc(Cl)ccc1Cl)c1cc(Cl)ccc1Cl. The molecule has 0 bridgehead atoms. The fourth-order valence-corrected chi connectivity index (χ4v) is 7.09. The highest BCUT2D eigenvalue weighted by atomic mass is 35.5. The highest BCUT2D eigenvalue weighted by Gasteiger charge is 2.37. The van der Waals surface area contributed by atoms with E-state index in [4.69, 9.17) is 50.6 Å². The molecule has 29 heavy (non-hydrogen) atoms. The highest BCUT2D eigenvalue weighted by molar-refractivity contribution is 7.89. The van der Waals surface area contributed by atoms with Crippen LogP contribution >= 0.6 is 46.4 Å². The summed E-state index contributed by atoms with van der Waals surface area (Å²) < 4.78 is 57.4. The Morgan fingerprint density at radius 2 is 1.45 bits per heavy atom. The molecule has 0 unspecified atom stereocenters. The zero-order valence-electron chi connectivity index (χ0n) is 14.7. The van der Waals surface area contributed by atoms with Crippen LogP contribution in [0.2, 0.25) is 20.1 Å². The van der Waals surface area contributed by atoms with Gasteiger partial charge in [-0.3, -0.25) is 4.18 Å². The molecule has 6 nitrogen and oxygen atoms in total. The van der Waals surface area contributed by atoms with Crippen LogP contribution in [-0.2, 0) is 24.3 Å². The molecule has 0 aliphatic carbocycles. The van der Waals surface area contributed by atoms with Crippen LogP contribution in [0, 0.1) is 0 Å². The van der Waals surface area contributed by atoms with Gasteiger partial charge in [0.1, 0.15) is 9.79 Å². The van der Waals surface area contributed by atoms with Gasteiger partial charge in [0.15, 0.2) is 0 Å². The Kier molecular flexibility index (Phi) is 7.07. The zero-order valence-corrected chi connectivity index (χ0v) is 19.3. The third kappa shape index (κ3) is 5.02. The number of halogens is 4. The lowest BCUT2D eigenvalue weighted by Crippen LogP contribution is -2.38. The summed E-state index contributed by atoms with van der Waals surface area (Å²) in [6.45, 7) is -0.167. The maximum absolute atomic E-state index is 13.1. The molecule has 2 aromatic rings.